The molecule has 4 nitrogen and oxygen atoms in total. The molecule has 0 bridgehead atoms. The largest absolute Gasteiger partial charge is 0.356 e. The Morgan fingerprint density at radius 1 is 1.39 bits per heavy atom. The Morgan fingerprint density at radius 3 is 2.83 bits per heavy atom. The monoisotopic (exact) mass is 324 g/mol. The predicted molar refractivity (Wildman–Crippen MR) is 89.5 cm³/mol. The van der Waals surface area contributed by atoms with E-state index in [1.54, 1.807) is 13.1 Å². The standard InChI is InChI=1S/C17H26F2N4/c1-12(14-6-7-15(18)16(19)9-14)22-17(20-2)21-10-13-5-4-8-23(3)11-13/h6-7,9,12-13H,4-5,8,10-11H2,1-3H3,(H2,20,21,22). The van der Waals surface area contributed by atoms with Crippen LogP contribution in [0.15, 0.2) is 23.2 Å². The molecule has 0 aromatic heterocycles. The van der Waals surface area contributed by atoms with Gasteiger partial charge in [0.15, 0.2) is 17.6 Å². The van der Waals surface area contributed by atoms with E-state index in [1.807, 2.05) is 6.92 Å². The van der Waals surface area contributed by atoms with Gasteiger partial charge < -0.3 is 15.5 Å². The van der Waals surface area contributed by atoms with Crippen molar-refractivity contribution in [3.05, 3.63) is 35.4 Å². The number of benzene rings is 1. The third-order valence-corrected chi connectivity index (χ3v) is 4.30. The van der Waals surface area contributed by atoms with Gasteiger partial charge in [0.25, 0.3) is 0 Å². The second-order valence-electron chi connectivity index (χ2n) is 6.26. The molecule has 6 heteroatoms. The van der Waals surface area contributed by atoms with Gasteiger partial charge >= 0.3 is 0 Å². The van der Waals surface area contributed by atoms with Crippen molar-refractivity contribution in [1.29, 1.82) is 0 Å². The van der Waals surface area contributed by atoms with Crippen LogP contribution in [0.1, 0.15) is 31.4 Å². The maximum Gasteiger partial charge on any atom is 0.191 e. The molecule has 1 aliphatic heterocycles. The van der Waals surface area contributed by atoms with Crippen molar-refractivity contribution in [2.45, 2.75) is 25.8 Å². The Labute approximate surface area is 137 Å². The predicted octanol–water partition coefficient (Wildman–Crippen LogP) is 2.53. The third kappa shape index (κ3) is 5.16. The molecule has 0 saturated carbocycles. The van der Waals surface area contributed by atoms with Crippen molar-refractivity contribution >= 4 is 5.96 Å². The second-order valence-corrected chi connectivity index (χ2v) is 6.26. The van der Waals surface area contributed by atoms with Crippen LogP contribution in [0, 0.1) is 17.6 Å². The zero-order valence-electron chi connectivity index (χ0n) is 14.1. The highest BCUT2D eigenvalue weighted by molar-refractivity contribution is 5.80. The molecular weight excluding hydrogens is 298 g/mol. The van der Waals surface area contributed by atoms with Crippen LogP contribution < -0.4 is 10.6 Å². The number of halogens is 2. The van der Waals surface area contributed by atoms with Crippen molar-refractivity contribution < 1.29 is 8.78 Å². The Balaban J connectivity index is 1.87. The highest BCUT2D eigenvalue weighted by Crippen LogP contribution is 2.16. The quantitative estimate of drug-likeness (QED) is 0.660. The summed E-state index contributed by atoms with van der Waals surface area (Å²) in [6.07, 6.45) is 2.44. The summed E-state index contributed by atoms with van der Waals surface area (Å²) >= 11 is 0. The average molecular weight is 324 g/mol. The average Bonchev–Trinajstić information content (AvgIpc) is 2.53. The van der Waals surface area contributed by atoms with Crippen molar-refractivity contribution in [2.24, 2.45) is 10.9 Å². The fraction of sp³-hybridized carbons (Fsp3) is 0.588. The topological polar surface area (TPSA) is 39.7 Å². The van der Waals surface area contributed by atoms with Gasteiger partial charge in [0.05, 0.1) is 6.04 Å². The minimum Gasteiger partial charge on any atom is -0.356 e. The van der Waals surface area contributed by atoms with Crippen molar-refractivity contribution in [1.82, 2.24) is 15.5 Å². The number of guanidine groups is 1. The van der Waals surface area contributed by atoms with E-state index in [4.69, 9.17) is 0 Å². The molecule has 0 aliphatic carbocycles. The van der Waals surface area contributed by atoms with E-state index in [1.165, 1.54) is 18.9 Å². The summed E-state index contributed by atoms with van der Waals surface area (Å²) in [5.41, 5.74) is 0.684. The summed E-state index contributed by atoms with van der Waals surface area (Å²) in [5, 5.41) is 6.55. The number of nitrogens with one attached hydrogen (secondary N) is 2. The number of likely N-dealkylation sites (tertiary alicyclic amines) is 1. The number of rotatable bonds is 4. The molecule has 0 radical (unpaired) electrons. The lowest BCUT2D eigenvalue weighted by atomic mass is 9.98. The lowest BCUT2D eigenvalue weighted by Gasteiger charge is -2.30. The van der Waals surface area contributed by atoms with E-state index in [0.29, 0.717) is 17.4 Å². The lowest BCUT2D eigenvalue weighted by molar-refractivity contribution is 0.210. The Kier molecular flexibility index (Phi) is 6.33. The summed E-state index contributed by atoms with van der Waals surface area (Å²) in [5.74, 6) is -0.379. The first-order valence-electron chi connectivity index (χ1n) is 8.10. The van der Waals surface area contributed by atoms with Crippen LogP contribution in [0.25, 0.3) is 0 Å². The molecule has 128 valence electrons. The lowest BCUT2D eigenvalue weighted by Crippen LogP contribution is -2.44. The van der Waals surface area contributed by atoms with Crippen LogP contribution in [0.4, 0.5) is 8.78 Å². The molecule has 2 rings (SSSR count). The van der Waals surface area contributed by atoms with Crippen LogP contribution in [-0.2, 0) is 0 Å². The molecule has 0 amide bonds. The van der Waals surface area contributed by atoms with Gasteiger partial charge in [-0.3, -0.25) is 4.99 Å². The first-order chi connectivity index (χ1) is 11.0. The summed E-state index contributed by atoms with van der Waals surface area (Å²) in [4.78, 5) is 6.55. The second kappa shape index (κ2) is 8.24. The van der Waals surface area contributed by atoms with Gasteiger partial charge in [-0.25, -0.2) is 8.78 Å². The molecule has 1 aromatic rings. The van der Waals surface area contributed by atoms with E-state index in [9.17, 15) is 8.78 Å². The zero-order chi connectivity index (χ0) is 16.8. The molecule has 1 fully saturated rings. The van der Waals surface area contributed by atoms with Gasteiger partial charge in [0.1, 0.15) is 0 Å². The molecule has 23 heavy (non-hydrogen) atoms. The maximum atomic E-state index is 13.3. The van der Waals surface area contributed by atoms with Crippen LogP contribution in [0.5, 0.6) is 0 Å². The van der Waals surface area contributed by atoms with E-state index in [-0.39, 0.29) is 6.04 Å². The van der Waals surface area contributed by atoms with Gasteiger partial charge in [0, 0.05) is 20.1 Å². The molecule has 1 saturated heterocycles. The summed E-state index contributed by atoms with van der Waals surface area (Å²) in [6, 6.07) is 3.79. The van der Waals surface area contributed by atoms with Crippen molar-refractivity contribution in [2.75, 3.05) is 33.7 Å². The Morgan fingerprint density at radius 2 is 2.17 bits per heavy atom. The van der Waals surface area contributed by atoms with Crippen molar-refractivity contribution in [3.63, 3.8) is 0 Å². The number of nitrogens with zero attached hydrogens (tertiary/aromatic N) is 2. The van der Waals surface area contributed by atoms with Gasteiger partial charge in [-0.2, -0.15) is 0 Å². The molecule has 2 N–H and O–H groups in total. The zero-order valence-corrected chi connectivity index (χ0v) is 14.1. The van der Waals surface area contributed by atoms with Crippen molar-refractivity contribution in [3.8, 4) is 0 Å². The Hall–Kier alpha value is -1.69. The molecule has 1 aromatic carbocycles. The third-order valence-electron chi connectivity index (χ3n) is 4.30. The van der Waals surface area contributed by atoms with E-state index in [2.05, 4.69) is 27.6 Å². The number of hydrogen-bond donors (Lipinski definition) is 2. The van der Waals surface area contributed by atoms with E-state index >= 15 is 0 Å². The van der Waals surface area contributed by atoms with Gasteiger partial charge in [-0.05, 0) is 57.0 Å². The van der Waals surface area contributed by atoms with Gasteiger partial charge in [0.2, 0.25) is 0 Å². The SMILES string of the molecule is CN=C(NCC1CCCN(C)C1)NC(C)c1ccc(F)c(F)c1. The molecular formula is C17H26F2N4. The molecule has 1 aliphatic rings. The number of aliphatic imine (C=N–C) groups is 1. The van der Waals surface area contributed by atoms with E-state index < -0.39 is 11.6 Å². The first-order valence-corrected chi connectivity index (χ1v) is 8.10. The fourth-order valence-electron chi connectivity index (χ4n) is 2.95. The summed E-state index contributed by atoms with van der Waals surface area (Å²) in [6.45, 7) is 5.00. The van der Waals surface area contributed by atoms with Crippen LogP contribution in [0.2, 0.25) is 0 Å². The minimum absolute atomic E-state index is 0.162. The minimum atomic E-state index is -0.829. The number of piperidine rings is 1. The smallest absolute Gasteiger partial charge is 0.191 e. The van der Waals surface area contributed by atoms with E-state index in [0.717, 1.165) is 25.7 Å². The first kappa shape index (κ1) is 17.7. The summed E-state index contributed by atoms with van der Waals surface area (Å²) in [7, 11) is 3.85. The van der Waals surface area contributed by atoms with Crippen LogP contribution >= 0.6 is 0 Å². The van der Waals surface area contributed by atoms with Crippen LogP contribution in [0.3, 0.4) is 0 Å². The summed E-state index contributed by atoms with van der Waals surface area (Å²) < 4.78 is 26.3. The number of hydrogen-bond acceptors (Lipinski definition) is 2. The highest BCUT2D eigenvalue weighted by Gasteiger charge is 2.18. The fourth-order valence-corrected chi connectivity index (χ4v) is 2.95. The van der Waals surface area contributed by atoms with Gasteiger partial charge in [-0.1, -0.05) is 6.07 Å². The molecule has 2 atom stereocenters. The van der Waals surface area contributed by atoms with Gasteiger partial charge in [-0.15, -0.1) is 0 Å². The maximum absolute atomic E-state index is 13.3. The highest BCUT2D eigenvalue weighted by atomic mass is 19.2. The Bertz CT molecular complexity index is 547. The van der Waals surface area contributed by atoms with Crippen LogP contribution in [-0.4, -0.2) is 44.6 Å². The molecule has 2 unspecified atom stereocenters. The molecule has 0 spiro atoms. The normalized spacial score (nSPS) is 21.1. The molecule has 1 heterocycles.